The molecule has 186 valence electrons. The molecule has 36 heavy (non-hydrogen) atoms. The molecule has 2 N–H and O–H groups in total. The molecule has 2 aromatic carbocycles. The lowest BCUT2D eigenvalue weighted by Gasteiger charge is -2.03. The first-order valence-corrected chi connectivity index (χ1v) is 12.0. The molecule has 0 unspecified atom stereocenters. The number of hydrogen-bond donors (Lipinski definition) is 2. The summed E-state index contributed by atoms with van der Waals surface area (Å²) in [6, 6.07) is 14.7. The van der Waals surface area contributed by atoms with Gasteiger partial charge in [-0.1, -0.05) is 50.2 Å². The molecule has 0 aliphatic carbocycles. The largest absolute Gasteiger partial charge is 0.493 e. The number of benzene rings is 2. The first-order chi connectivity index (χ1) is 17.5. The van der Waals surface area contributed by atoms with Crippen molar-refractivity contribution in [3.63, 3.8) is 0 Å². The van der Waals surface area contributed by atoms with Crippen LogP contribution in [0, 0.1) is 0 Å². The standard InChI is InChI=1S/C26H28N6O4/c1-3-15-31-19-11-7-5-9-17(19)23(25(31)35)29-27-21(33)13-14-22(34)28-30-24-18-10-6-8-12-20(18)32(16-4-2)26(24)36/h5-12,35-36H,3-4,13-16H2,1-2H3. The molecule has 2 amide bonds. The monoisotopic (exact) mass is 488 g/mol. The Morgan fingerprint density at radius 1 is 0.694 bits per heavy atom. The summed E-state index contributed by atoms with van der Waals surface area (Å²) >= 11 is 0. The fourth-order valence-corrected chi connectivity index (χ4v) is 4.17. The Labute approximate surface area is 207 Å². The van der Waals surface area contributed by atoms with Crippen molar-refractivity contribution in [2.75, 3.05) is 0 Å². The van der Waals surface area contributed by atoms with Crippen LogP contribution in [0.1, 0.15) is 39.5 Å². The number of carbonyl (C=O) groups is 2. The van der Waals surface area contributed by atoms with Gasteiger partial charge in [0.15, 0.2) is 11.4 Å². The maximum absolute atomic E-state index is 12.3. The number of azo groups is 2. The van der Waals surface area contributed by atoms with Crippen molar-refractivity contribution in [3.8, 4) is 11.8 Å². The molecule has 0 radical (unpaired) electrons. The zero-order chi connectivity index (χ0) is 25.7. The van der Waals surface area contributed by atoms with Gasteiger partial charge in [0.25, 0.3) is 11.8 Å². The summed E-state index contributed by atoms with van der Waals surface area (Å²) in [6.07, 6.45) is 1.21. The first-order valence-electron chi connectivity index (χ1n) is 12.0. The number of hydrogen-bond acceptors (Lipinski definition) is 6. The Balaban J connectivity index is 1.44. The predicted molar refractivity (Wildman–Crippen MR) is 136 cm³/mol. The maximum atomic E-state index is 12.3. The van der Waals surface area contributed by atoms with E-state index in [2.05, 4.69) is 20.5 Å². The SMILES string of the molecule is CCCn1c(O)c(N=NC(=O)CCC(=O)N=Nc2c(O)n(CCC)c3ccccc23)c2ccccc21. The van der Waals surface area contributed by atoms with Crippen LogP contribution >= 0.6 is 0 Å². The van der Waals surface area contributed by atoms with Crippen LogP contribution in [0.2, 0.25) is 0 Å². The van der Waals surface area contributed by atoms with Crippen molar-refractivity contribution in [1.82, 2.24) is 9.13 Å². The number of aromatic nitrogens is 2. The van der Waals surface area contributed by atoms with Gasteiger partial charge < -0.3 is 19.3 Å². The maximum Gasteiger partial charge on any atom is 0.265 e. The van der Waals surface area contributed by atoms with Crippen molar-refractivity contribution < 1.29 is 19.8 Å². The van der Waals surface area contributed by atoms with E-state index in [1.165, 1.54) is 0 Å². The minimum Gasteiger partial charge on any atom is -0.493 e. The number of aryl methyl sites for hydroxylation is 2. The summed E-state index contributed by atoms with van der Waals surface area (Å²) in [4.78, 5) is 24.5. The third kappa shape index (κ3) is 4.88. The van der Waals surface area contributed by atoms with Crippen LogP contribution in [-0.2, 0) is 22.7 Å². The summed E-state index contributed by atoms with van der Waals surface area (Å²) in [5.74, 6) is -1.34. The Bertz CT molecular complexity index is 1370. The lowest BCUT2D eigenvalue weighted by Crippen LogP contribution is -1.98. The Hall–Kier alpha value is -4.34. The number of nitrogens with zero attached hydrogens (tertiary/aromatic N) is 6. The van der Waals surface area contributed by atoms with Gasteiger partial charge in [-0.15, -0.1) is 20.5 Å². The molecule has 0 spiro atoms. The fourth-order valence-electron chi connectivity index (χ4n) is 4.17. The van der Waals surface area contributed by atoms with Gasteiger partial charge in [0.1, 0.15) is 0 Å². The first kappa shape index (κ1) is 24.8. The summed E-state index contributed by atoms with van der Waals surface area (Å²) < 4.78 is 3.45. The molecule has 0 atom stereocenters. The van der Waals surface area contributed by atoms with Crippen LogP contribution in [0.5, 0.6) is 11.8 Å². The Morgan fingerprint density at radius 2 is 1.08 bits per heavy atom. The van der Waals surface area contributed by atoms with Crippen LogP contribution in [0.25, 0.3) is 21.8 Å². The molecule has 2 aromatic heterocycles. The second kappa shape index (κ2) is 10.9. The molecule has 0 bridgehead atoms. The molecule has 4 rings (SSSR count). The topological polar surface area (TPSA) is 134 Å². The van der Waals surface area contributed by atoms with Crippen molar-refractivity contribution in [3.05, 3.63) is 48.5 Å². The van der Waals surface area contributed by atoms with Crippen molar-refractivity contribution in [1.29, 1.82) is 0 Å². The van der Waals surface area contributed by atoms with E-state index in [-0.39, 0.29) is 36.0 Å². The highest BCUT2D eigenvalue weighted by Gasteiger charge is 2.18. The van der Waals surface area contributed by atoms with Gasteiger partial charge in [-0.2, -0.15) is 0 Å². The van der Waals surface area contributed by atoms with Crippen LogP contribution in [0.4, 0.5) is 11.4 Å². The molecule has 0 saturated heterocycles. The normalized spacial score (nSPS) is 11.9. The minimum absolute atomic E-state index is 0.0541. The molecular weight excluding hydrogens is 460 g/mol. The second-order valence-electron chi connectivity index (χ2n) is 8.37. The molecule has 4 aromatic rings. The second-order valence-corrected chi connectivity index (χ2v) is 8.37. The zero-order valence-electron chi connectivity index (χ0n) is 20.3. The van der Waals surface area contributed by atoms with Gasteiger partial charge in [0.2, 0.25) is 11.8 Å². The molecular formula is C26H28N6O4. The van der Waals surface area contributed by atoms with Gasteiger partial charge in [-0.05, 0) is 25.0 Å². The summed E-state index contributed by atoms with van der Waals surface area (Å²) in [6.45, 7) is 5.19. The number of para-hydroxylation sites is 2. The summed E-state index contributed by atoms with van der Waals surface area (Å²) in [5.41, 5.74) is 2.05. The number of fused-ring (bicyclic) bond motifs is 2. The van der Waals surface area contributed by atoms with Crippen LogP contribution < -0.4 is 0 Å². The van der Waals surface area contributed by atoms with Gasteiger partial charge in [0.05, 0.1) is 11.0 Å². The van der Waals surface area contributed by atoms with Crippen LogP contribution in [0.3, 0.4) is 0 Å². The van der Waals surface area contributed by atoms with E-state index in [1.807, 2.05) is 50.2 Å². The average Bonchev–Trinajstić information content (AvgIpc) is 3.31. The molecule has 0 fully saturated rings. The molecule has 0 aliphatic rings. The number of aromatic hydroxyl groups is 2. The highest BCUT2D eigenvalue weighted by atomic mass is 16.3. The lowest BCUT2D eigenvalue weighted by atomic mass is 10.2. The van der Waals surface area contributed by atoms with Crippen LogP contribution in [0.15, 0.2) is 69.0 Å². The fraction of sp³-hybridized carbons (Fsp3) is 0.308. The third-order valence-electron chi connectivity index (χ3n) is 5.81. The van der Waals surface area contributed by atoms with E-state index in [1.54, 1.807) is 21.3 Å². The zero-order valence-corrected chi connectivity index (χ0v) is 20.3. The highest BCUT2D eigenvalue weighted by Crippen LogP contribution is 2.40. The van der Waals surface area contributed by atoms with Gasteiger partial charge >= 0.3 is 0 Å². The van der Waals surface area contributed by atoms with Crippen LogP contribution in [-0.4, -0.2) is 31.2 Å². The number of carbonyl (C=O) groups excluding carboxylic acids is 2. The van der Waals surface area contributed by atoms with Gasteiger partial charge in [-0.3, -0.25) is 9.59 Å². The van der Waals surface area contributed by atoms with E-state index < -0.39 is 11.8 Å². The Morgan fingerprint density at radius 3 is 1.47 bits per heavy atom. The highest BCUT2D eigenvalue weighted by molar-refractivity contribution is 5.96. The van der Waals surface area contributed by atoms with Crippen molar-refractivity contribution in [2.24, 2.45) is 20.5 Å². The Kier molecular flexibility index (Phi) is 7.53. The summed E-state index contributed by atoms with van der Waals surface area (Å²) in [5, 5.41) is 37.9. The van der Waals surface area contributed by atoms with Crippen molar-refractivity contribution in [2.45, 2.75) is 52.6 Å². The summed E-state index contributed by atoms with van der Waals surface area (Å²) in [7, 11) is 0. The van der Waals surface area contributed by atoms with E-state index in [0.717, 1.165) is 23.9 Å². The molecule has 0 aliphatic heterocycles. The quantitative estimate of drug-likeness (QED) is 0.259. The minimum atomic E-state index is -0.618. The van der Waals surface area contributed by atoms with E-state index in [9.17, 15) is 19.8 Å². The predicted octanol–water partition coefficient (Wildman–Crippen LogP) is 6.53. The third-order valence-corrected chi connectivity index (χ3v) is 5.81. The van der Waals surface area contributed by atoms with Crippen molar-refractivity contribution >= 4 is 45.0 Å². The van der Waals surface area contributed by atoms with Gasteiger partial charge in [-0.25, -0.2) is 0 Å². The molecule has 10 nitrogen and oxygen atoms in total. The van der Waals surface area contributed by atoms with Gasteiger partial charge in [0, 0.05) is 36.7 Å². The molecule has 2 heterocycles. The average molecular weight is 489 g/mol. The molecule has 0 saturated carbocycles. The lowest BCUT2D eigenvalue weighted by molar-refractivity contribution is -0.123. The molecule has 10 heteroatoms. The smallest absolute Gasteiger partial charge is 0.265 e. The van der Waals surface area contributed by atoms with E-state index in [4.69, 9.17) is 0 Å². The number of amides is 2. The van der Waals surface area contributed by atoms with E-state index >= 15 is 0 Å². The number of rotatable bonds is 9. The van der Waals surface area contributed by atoms with E-state index in [0.29, 0.717) is 23.9 Å².